The van der Waals surface area contributed by atoms with Crippen molar-refractivity contribution in [3.63, 3.8) is 0 Å². The molecule has 1 aliphatic rings. The highest BCUT2D eigenvalue weighted by atomic mass is 15.2. The summed E-state index contributed by atoms with van der Waals surface area (Å²) < 4.78 is 0. The number of hydrogen-bond donors (Lipinski definition) is 1. The van der Waals surface area contributed by atoms with Gasteiger partial charge in [0.05, 0.1) is 0 Å². The highest BCUT2D eigenvalue weighted by Crippen LogP contribution is 2.24. The molecular formula is C15H26N4. The molecule has 0 spiro atoms. The molecule has 0 aromatic carbocycles. The van der Waals surface area contributed by atoms with Crippen LogP contribution in [0.5, 0.6) is 0 Å². The molecule has 0 amide bonds. The van der Waals surface area contributed by atoms with E-state index < -0.39 is 0 Å². The van der Waals surface area contributed by atoms with Crippen molar-refractivity contribution < 1.29 is 0 Å². The average molecular weight is 262 g/mol. The minimum atomic E-state index is 0.361. The van der Waals surface area contributed by atoms with Crippen LogP contribution in [0.2, 0.25) is 0 Å². The van der Waals surface area contributed by atoms with Crippen molar-refractivity contribution in [1.29, 1.82) is 0 Å². The Bertz CT molecular complexity index is 417. The molecule has 1 atom stereocenters. The number of hydrogen-bond acceptors (Lipinski definition) is 4. The smallest absolute Gasteiger partial charge is 0.135 e. The summed E-state index contributed by atoms with van der Waals surface area (Å²) in [5, 5.41) is 3.32. The lowest BCUT2D eigenvalue weighted by atomic mass is 10.0. The van der Waals surface area contributed by atoms with Gasteiger partial charge in [0.15, 0.2) is 0 Å². The van der Waals surface area contributed by atoms with E-state index >= 15 is 0 Å². The van der Waals surface area contributed by atoms with Gasteiger partial charge in [-0.15, -0.1) is 0 Å². The summed E-state index contributed by atoms with van der Waals surface area (Å²) >= 11 is 0. The Morgan fingerprint density at radius 3 is 2.84 bits per heavy atom. The molecule has 1 fully saturated rings. The standard InChI is InChI=1S/C15H26N4/c1-5-16-13-9-14(18-15(17-13)11(2)3)19-8-6-7-12(4)10-19/h9,11-12H,5-8,10H2,1-4H3,(H,16,17,18). The first-order valence-corrected chi connectivity index (χ1v) is 7.48. The van der Waals surface area contributed by atoms with Crippen LogP contribution in [0.4, 0.5) is 11.6 Å². The molecule has 0 radical (unpaired) electrons. The van der Waals surface area contributed by atoms with Crippen LogP contribution in [0, 0.1) is 5.92 Å². The fourth-order valence-electron chi connectivity index (χ4n) is 2.54. The van der Waals surface area contributed by atoms with Gasteiger partial charge in [0.2, 0.25) is 0 Å². The quantitative estimate of drug-likeness (QED) is 0.904. The van der Waals surface area contributed by atoms with E-state index in [-0.39, 0.29) is 0 Å². The number of aromatic nitrogens is 2. The maximum atomic E-state index is 4.75. The van der Waals surface area contributed by atoms with E-state index in [1.54, 1.807) is 0 Å². The minimum Gasteiger partial charge on any atom is -0.370 e. The molecule has 2 heterocycles. The van der Waals surface area contributed by atoms with Gasteiger partial charge in [-0.2, -0.15) is 0 Å². The van der Waals surface area contributed by atoms with E-state index in [9.17, 15) is 0 Å². The fourth-order valence-corrected chi connectivity index (χ4v) is 2.54. The summed E-state index contributed by atoms with van der Waals surface area (Å²) in [6.07, 6.45) is 2.59. The van der Waals surface area contributed by atoms with Crippen molar-refractivity contribution in [3.8, 4) is 0 Å². The minimum absolute atomic E-state index is 0.361. The molecule has 19 heavy (non-hydrogen) atoms. The van der Waals surface area contributed by atoms with Gasteiger partial charge >= 0.3 is 0 Å². The van der Waals surface area contributed by atoms with Gasteiger partial charge in [-0.1, -0.05) is 20.8 Å². The molecule has 106 valence electrons. The van der Waals surface area contributed by atoms with Crippen molar-refractivity contribution in [3.05, 3.63) is 11.9 Å². The van der Waals surface area contributed by atoms with Gasteiger partial charge in [0, 0.05) is 31.6 Å². The summed E-state index contributed by atoms with van der Waals surface area (Å²) in [7, 11) is 0. The van der Waals surface area contributed by atoms with E-state index in [1.807, 2.05) is 0 Å². The van der Waals surface area contributed by atoms with Crippen LogP contribution >= 0.6 is 0 Å². The Morgan fingerprint density at radius 1 is 1.42 bits per heavy atom. The van der Waals surface area contributed by atoms with E-state index in [0.29, 0.717) is 5.92 Å². The molecule has 0 aliphatic carbocycles. The molecular weight excluding hydrogens is 236 g/mol. The first kappa shape index (κ1) is 14.1. The Morgan fingerprint density at radius 2 is 2.21 bits per heavy atom. The van der Waals surface area contributed by atoms with Crippen LogP contribution in [0.25, 0.3) is 0 Å². The topological polar surface area (TPSA) is 41.0 Å². The predicted molar refractivity (Wildman–Crippen MR) is 80.9 cm³/mol. The van der Waals surface area contributed by atoms with Crippen molar-refractivity contribution in [1.82, 2.24) is 9.97 Å². The molecule has 0 saturated carbocycles. The molecule has 1 aromatic rings. The second-order valence-electron chi connectivity index (χ2n) is 5.85. The largest absolute Gasteiger partial charge is 0.370 e. The molecule has 4 nitrogen and oxygen atoms in total. The van der Waals surface area contributed by atoms with Gasteiger partial charge < -0.3 is 10.2 Å². The normalized spacial score (nSPS) is 19.8. The molecule has 1 aromatic heterocycles. The number of piperidine rings is 1. The highest BCUT2D eigenvalue weighted by Gasteiger charge is 2.19. The maximum absolute atomic E-state index is 4.75. The Labute approximate surface area is 116 Å². The summed E-state index contributed by atoms with van der Waals surface area (Å²) in [6.45, 7) is 11.8. The Kier molecular flexibility index (Phi) is 4.61. The van der Waals surface area contributed by atoms with Crippen molar-refractivity contribution in [2.75, 3.05) is 29.9 Å². The predicted octanol–water partition coefficient (Wildman–Crippen LogP) is 3.27. The second kappa shape index (κ2) is 6.22. The van der Waals surface area contributed by atoms with Gasteiger partial charge in [0.25, 0.3) is 0 Å². The van der Waals surface area contributed by atoms with Crippen LogP contribution in [0.15, 0.2) is 6.07 Å². The van der Waals surface area contributed by atoms with E-state index in [2.05, 4.69) is 49.0 Å². The molecule has 2 rings (SSSR count). The lowest BCUT2D eigenvalue weighted by molar-refractivity contribution is 0.444. The zero-order chi connectivity index (χ0) is 13.8. The Balaban J connectivity index is 2.27. The molecule has 1 aliphatic heterocycles. The van der Waals surface area contributed by atoms with E-state index in [0.717, 1.165) is 43.0 Å². The first-order valence-electron chi connectivity index (χ1n) is 7.48. The van der Waals surface area contributed by atoms with E-state index in [4.69, 9.17) is 4.98 Å². The van der Waals surface area contributed by atoms with Crippen LogP contribution in [0.3, 0.4) is 0 Å². The Hall–Kier alpha value is -1.32. The number of rotatable bonds is 4. The highest BCUT2D eigenvalue weighted by molar-refractivity contribution is 5.50. The summed E-state index contributed by atoms with van der Waals surface area (Å²) in [4.78, 5) is 11.7. The number of anilines is 2. The maximum Gasteiger partial charge on any atom is 0.135 e. The summed E-state index contributed by atoms with van der Waals surface area (Å²) in [6, 6.07) is 2.09. The average Bonchev–Trinajstić information content (AvgIpc) is 2.38. The van der Waals surface area contributed by atoms with Crippen LogP contribution in [0.1, 0.15) is 52.3 Å². The number of nitrogens with one attached hydrogen (secondary N) is 1. The van der Waals surface area contributed by atoms with E-state index in [1.165, 1.54) is 12.8 Å². The summed E-state index contributed by atoms with van der Waals surface area (Å²) in [5.74, 6) is 4.09. The van der Waals surface area contributed by atoms with Crippen molar-refractivity contribution in [2.24, 2.45) is 5.92 Å². The van der Waals surface area contributed by atoms with Crippen molar-refractivity contribution >= 4 is 11.6 Å². The number of nitrogens with zero attached hydrogens (tertiary/aromatic N) is 3. The van der Waals surface area contributed by atoms with Crippen molar-refractivity contribution in [2.45, 2.75) is 46.5 Å². The third kappa shape index (κ3) is 3.58. The molecule has 0 bridgehead atoms. The SMILES string of the molecule is CCNc1cc(N2CCCC(C)C2)nc(C(C)C)n1. The monoisotopic (exact) mass is 262 g/mol. The van der Waals surface area contributed by atoms with Gasteiger partial charge in [-0.05, 0) is 25.7 Å². The molecule has 1 unspecified atom stereocenters. The zero-order valence-electron chi connectivity index (χ0n) is 12.6. The van der Waals surface area contributed by atoms with Crippen LogP contribution < -0.4 is 10.2 Å². The zero-order valence-corrected chi connectivity index (χ0v) is 12.6. The van der Waals surface area contributed by atoms with Gasteiger partial charge in [-0.3, -0.25) is 0 Å². The fraction of sp³-hybridized carbons (Fsp3) is 0.733. The third-order valence-corrected chi connectivity index (χ3v) is 3.59. The van der Waals surface area contributed by atoms with Gasteiger partial charge in [-0.25, -0.2) is 9.97 Å². The molecule has 1 saturated heterocycles. The van der Waals surface area contributed by atoms with Crippen LogP contribution in [-0.4, -0.2) is 29.6 Å². The van der Waals surface area contributed by atoms with Crippen LogP contribution in [-0.2, 0) is 0 Å². The van der Waals surface area contributed by atoms with Gasteiger partial charge in [0.1, 0.15) is 17.5 Å². The first-order chi connectivity index (χ1) is 9.10. The lowest BCUT2D eigenvalue weighted by Gasteiger charge is -2.32. The molecule has 1 N–H and O–H groups in total. The molecule has 4 heteroatoms. The summed E-state index contributed by atoms with van der Waals surface area (Å²) in [5.41, 5.74) is 0. The second-order valence-corrected chi connectivity index (χ2v) is 5.85. The third-order valence-electron chi connectivity index (χ3n) is 3.59. The lowest BCUT2D eigenvalue weighted by Crippen LogP contribution is -2.35.